The molecule has 2 aromatic rings. The minimum Gasteiger partial charge on any atom is -0.494 e. The van der Waals surface area contributed by atoms with Crippen molar-refractivity contribution in [2.75, 3.05) is 30.9 Å². The molecule has 28 heavy (non-hydrogen) atoms. The summed E-state index contributed by atoms with van der Waals surface area (Å²) >= 11 is 0. The minimum absolute atomic E-state index is 0.322. The molecule has 2 heterocycles. The topological polar surface area (TPSA) is 59.5 Å². The highest BCUT2D eigenvalue weighted by Gasteiger charge is 2.24. The van der Waals surface area contributed by atoms with Gasteiger partial charge in [0.1, 0.15) is 11.6 Å². The molecule has 0 saturated carbocycles. The Hall–Kier alpha value is -2.08. The van der Waals surface area contributed by atoms with E-state index in [9.17, 15) is 8.42 Å². The normalized spacial score (nSPS) is 16.8. The molecule has 0 bridgehead atoms. The van der Waals surface area contributed by atoms with Gasteiger partial charge < -0.3 is 9.64 Å². The molecule has 1 aromatic heterocycles. The number of hydrogen-bond acceptors (Lipinski definition) is 5. The lowest BCUT2D eigenvalue weighted by Gasteiger charge is -2.35. The van der Waals surface area contributed by atoms with E-state index >= 15 is 0 Å². The summed E-state index contributed by atoms with van der Waals surface area (Å²) in [6.45, 7) is 7.13. The van der Waals surface area contributed by atoms with Crippen molar-refractivity contribution >= 4 is 15.7 Å². The Morgan fingerprint density at radius 2 is 1.82 bits per heavy atom. The van der Waals surface area contributed by atoms with Crippen molar-refractivity contribution in [2.24, 2.45) is 11.8 Å². The molecule has 1 saturated heterocycles. The fraction of sp³-hybridized carbons (Fsp3) is 0.500. The largest absolute Gasteiger partial charge is 0.494 e. The number of pyridine rings is 1. The Labute approximate surface area is 168 Å². The monoisotopic (exact) mass is 402 g/mol. The summed E-state index contributed by atoms with van der Waals surface area (Å²) in [6, 6.07) is 10.9. The van der Waals surface area contributed by atoms with Crippen molar-refractivity contribution in [1.82, 2.24) is 4.98 Å². The van der Waals surface area contributed by atoms with Crippen molar-refractivity contribution in [1.29, 1.82) is 0 Å². The fourth-order valence-corrected chi connectivity index (χ4v) is 4.36. The molecular formula is C22H30N2O3S. The number of sulfone groups is 1. The molecule has 5 nitrogen and oxygen atoms in total. The van der Waals surface area contributed by atoms with Crippen molar-refractivity contribution in [3.63, 3.8) is 0 Å². The number of nitrogens with zero attached hydrogens (tertiary/aromatic N) is 2. The zero-order valence-electron chi connectivity index (χ0n) is 17.0. The third-order valence-electron chi connectivity index (χ3n) is 5.66. The van der Waals surface area contributed by atoms with Crippen molar-refractivity contribution in [3.8, 4) is 5.75 Å². The third kappa shape index (κ3) is 5.47. The number of aromatic nitrogens is 1. The van der Waals surface area contributed by atoms with Crippen LogP contribution in [0.3, 0.4) is 0 Å². The number of anilines is 1. The van der Waals surface area contributed by atoms with Crippen LogP contribution in [0, 0.1) is 18.8 Å². The van der Waals surface area contributed by atoms with E-state index in [1.165, 1.54) is 24.7 Å². The van der Waals surface area contributed by atoms with Crippen LogP contribution in [0.1, 0.15) is 31.7 Å². The average molecular weight is 403 g/mol. The van der Waals surface area contributed by atoms with Crippen LogP contribution in [-0.4, -0.2) is 39.4 Å². The highest BCUT2D eigenvalue weighted by atomic mass is 32.2. The van der Waals surface area contributed by atoms with Crippen LogP contribution in [0.5, 0.6) is 5.75 Å². The highest BCUT2D eigenvalue weighted by molar-refractivity contribution is 7.90. The number of aryl methyl sites for hydroxylation is 1. The SMILES string of the molecule is Cc1ccc(N2CCC(C(C)CCOc3ccc(S(C)(=O)=O)cc3)CC2)nc1. The van der Waals surface area contributed by atoms with E-state index in [1.807, 2.05) is 6.20 Å². The van der Waals surface area contributed by atoms with E-state index in [4.69, 9.17) is 4.74 Å². The Kier molecular flexibility index (Phi) is 6.60. The Bertz CT molecular complexity index is 856. The summed E-state index contributed by atoms with van der Waals surface area (Å²) in [5.74, 6) is 3.11. The molecular weight excluding hydrogens is 372 g/mol. The van der Waals surface area contributed by atoms with Gasteiger partial charge in [0.25, 0.3) is 0 Å². The van der Waals surface area contributed by atoms with Gasteiger partial charge in [-0.15, -0.1) is 0 Å². The molecule has 3 rings (SSSR count). The predicted octanol–water partition coefficient (Wildman–Crippen LogP) is 4.12. The van der Waals surface area contributed by atoms with E-state index in [2.05, 4.69) is 35.9 Å². The molecule has 1 aliphatic heterocycles. The number of piperidine rings is 1. The smallest absolute Gasteiger partial charge is 0.175 e. The predicted molar refractivity (Wildman–Crippen MR) is 113 cm³/mol. The van der Waals surface area contributed by atoms with Gasteiger partial charge in [-0.05, 0) is 73.9 Å². The lowest BCUT2D eigenvalue weighted by Crippen LogP contribution is -2.36. The molecule has 1 aliphatic rings. The lowest BCUT2D eigenvalue weighted by molar-refractivity contribution is 0.223. The quantitative estimate of drug-likeness (QED) is 0.697. The first-order valence-electron chi connectivity index (χ1n) is 9.93. The summed E-state index contributed by atoms with van der Waals surface area (Å²) in [5.41, 5.74) is 1.19. The molecule has 1 unspecified atom stereocenters. The maximum absolute atomic E-state index is 11.5. The van der Waals surface area contributed by atoms with Crippen LogP contribution in [0.2, 0.25) is 0 Å². The van der Waals surface area contributed by atoms with E-state index in [-0.39, 0.29) is 0 Å². The Balaban J connectivity index is 1.42. The van der Waals surface area contributed by atoms with Crippen molar-refractivity contribution in [2.45, 2.75) is 38.0 Å². The second-order valence-corrected chi connectivity index (χ2v) is 9.89. The van der Waals surface area contributed by atoms with Crippen LogP contribution >= 0.6 is 0 Å². The standard InChI is InChI=1S/C22H30N2O3S/c1-17-4-9-22(23-16-17)24-13-10-19(11-14-24)18(2)12-15-27-20-5-7-21(8-6-20)28(3,25)26/h4-9,16,18-19H,10-15H2,1-3H3. The van der Waals surface area contributed by atoms with Gasteiger partial charge in [-0.25, -0.2) is 13.4 Å². The van der Waals surface area contributed by atoms with E-state index in [0.717, 1.165) is 31.1 Å². The van der Waals surface area contributed by atoms with Crippen LogP contribution in [0.25, 0.3) is 0 Å². The van der Waals surface area contributed by atoms with Gasteiger partial charge in [0, 0.05) is 25.5 Å². The molecule has 0 aliphatic carbocycles. The molecule has 0 spiro atoms. The van der Waals surface area contributed by atoms with E-state index in [0.29, 0.717) is 23.3 Å². The van der Waals surface area contributed by atoms with Gasteiger partial charge >= 0.3 is 0 Å². The molecule has 0 radical (unpaired) electrons. The number of benzene rings is 1. The van der Waals surface area contributed by atoms with Gasteiger partial charge in [0.15, 0.2) is 9.84 Å². The molecule has 0 amide bonds. The summed E-state index contributed by atoms with van der Waals surface area (Å²) in [5, 5.41) is 0. The molecule has 0 N–H and O–H groups in total. The lowest BCUT2D eigenvalue weighted by atomic mass is 9.84. The Morgan fingerprint density at radius 3 is 2.39 bits per heavy atom. The van der Waals surface area contributed by atoms with E-state index < -0.39 is 9.84 Å². The zero-order chi connectivity index (χ0) is 20.1. The third-order valence-corrected chi connectivity index (χ3v) is 6.79. The molecule has 1 atom stereocenters. The highest BCUT2D eigenvalue weighted by Crippen LogP contribution is 2.29. The van der Waals surface area contributed by atoms with Gasteiger partial charge in [-0.3, -0.25) is 0 Å². The molecule has 6 heteroatoms. The number of hydrogen-bond donors (Lipinski definition) is 0. The summed E-state index contributed by atoms with van der Waals surface area (Å²) in [4.78, 5) is 7.24. The van der Waals surface area contributed by atoms with Gasteiger partial charge in [0.05, 0.1) is 11.5 Å². The summed E-state index contributed by atoms with van der Waals surface area (Å²) in [7, 11) is -3.16. The average Bonchev–Trinajstić information content (AvgIpc) is 2.68. The maximum atomic E-state index is 11.5. The number of ether oxygens (including phenoxy) is 1. The summed E-state index contributed by atoms with van der Waals surface area (Å²) in [6.07, 6.45) is 6.51. The van der Waals surface area contributed by atoms with E-state index in [1.54, 1.807) is 24.3 Å². The van der Waals surface area contributed by atoms with Gasteiger partial charge in [0.2, 0.25) is 0 Å². The summed E-state index contributed by atoms with van der Waals surface area (Å²) < 4.78 is 28.8. The first-order chi connectivity index (χ1) is 13.3. The first kappa shape index (κ1) is 20.6. The van der Waals surface area contributed by atoms with Crippen LogP contribution in [-0.2, 0) is 9.84 Å². The van der Waals surface area contributed by atoms with Crippen molar-refractivity contribution in [3.05, 3.63) is 48.2 Å². The molecule has 152 valence electrons. The van der Waals surface area contributed by atoms with Gasteiger partial charge in [-0.2, -0.15) is 0 Å². The van der Waals surface area contributed by atoms with Crippen LogP contribution in [0.15, 0.2) is 47.5 Å². The Morgan fingerprint density at radius 1 is 1.14 bits per heavy atom. The zero-order valence-corrected chi connectivity index (χ0v) is 17.8. The second kappa shape index (κ2) is 8.95. The first-order valence-corrected chi connectivity index (χ1v) is 11.8. The molecule has 1 aromatic carbocycles. The van der Waals surface area contributed by atoms with Gasteiger partial charge in [-0.1, -0.05) is 13.0 Å². The maximum Gasteiger partial charge on any atom is 0.175 e. The number of rotatable bonds is 7. The van der Waals surface area contributed by atoms with Crippen molar-refractivity contribution < 1.29 is 13.2 Å². The fourth-order valence-electron chi connectivity index (χ4n) is 3.73. The minimum atomic E-state index is -3.16. The molecule has 1 fully saturated rings. The van der Waals surface area contributed by atoms with Crippen LogP contribution < -0.4 is 9.64 Å². The second-order valence-electron chi connectivity index (χ2n) is 7.88. The van der Waals surface area contributed by atoms with Crippen LogP contribution in [0.4, 0.5) is 5.82 Å².